The molecule has 0 radical (unpaired) electrons. The number of carbonyl (C=O) groups is 1. The lowest BCUT2D eigenvalue weighted by atomic mass is 10.1. The van der Waals surface area contributed by atoms with Gasteiger partial charge in [-0.25, -0.2) is 0 Å². The zero-order chi connectivity index (χ0) is 12.9. The van der Waals surface area contributed by atoms with Gasteiger partial charge in [0, 0.05) is 18.3 Å². The first kappa shape index (κ1) is 14.1. The second kappa shape index (κ2) is 6.11. The summed E-state index contributed by atoms with van der Waals surface area (Å²) in [5.41, 5.74) is 0.0607. The number of thiophene rings is 1. The average molecular weight is 258 g/mol. The highest BCUT2D eigenvalue weighted by molar-refractivity contribution is 7.10. The quantitative estimate of drug-likeness (QED) is 0.600. The molecule has 1 amide bonds. The third-order valence-corrected chi connectivity index (χ3v) is 3.35. The first-order chi connectivity index (χ1) is 8.00. The number of nitrogens with one attached hydrogen (secondary N) is 2. The van der Waals surface area contributed by atoms with Gasteiger partial charge in [0.05, 0.1) is 24.4 Å². The Balaban J connectivity index is 2.63. The van der Waals surface area contributed by atoms with Crippen molar-refractivity contribution in [2.24, 2.45) is 0 Å². The predicted octanol–water partition coefficient (Wildman–Crippen LogP) is 0.539. The molecule has 0 atom stereocenters. The molecule has 0 saturated heterocycles. The Morgan fingerprint density at radius 1 is 1.47 bits per heavy atom. The van der Waals surface area contributed by atoms with Gasteiger partial charge in [0.1, 0.15) is 0 Å². The van der Waals surface area contributed by atoms with Crippen LogP contribution in [0, 0.1) is 0 Å². The summed E-state index contributed by atoms with van der Waals surface area (Å²) in [6.45, 7) is 3.39. The zero-order valence-corrected chi connectivity index (χ0v) is 10.8. The van der Waals surface area contributed by atoms with E-state index >= 15 is 0 Å². The molecular formula is C11H18N2O3S. The van der Waals surface area contributed by atoms with Crippen molar-refractivity contribution in [2.75, 3.05) is 18.5 Å². The lowest BCUT2D eigenvalue weighted by Crippen LogP contribution is -2.48. The Kier molecular flexibility index (Phi) is 5.07. The standard InChI is InChI=1S/C11H18N2O3S/c1-8(16)13-9-3-4-17-10(9)5-12-11(2,6-14)7-15/h3-4,12,14-15H,5-7H2,1-2H3,(H,13,16). The lowest BCUT2D eigenvalue weighted by molar-refractivity contribution is -0.114. The van der Waals surface area contributed by atoms with Crippen LogP contribution >= 0.6 is 11.3 Å². The highest BCUT2D eigenvalue weighted by Gasteiger charge is 2.21. The van der Waals surface area contributed by atoms with Crippen molar-refractivity contribution in [2.45, 2.75) is 25.9 Å². The Morgan fingerprint density at radius 2 is 2.12 bits per heavy atom. The fraction of sp³-hybridized carbons (Fsp3) is 0.545. The molecule has 1 heterocycles. The molecule has 96 valence electrons. The van der Waals surface area contributed by atoms with E-state index in [1.165, 1.54) is 18.3 Å². The van der Waals surface area contributed by atoms with Crippen molar-refractivity contribution >= 4 is 22.9 Å². The van der Waals surface area contributed by atoms with Gasteiger partial charge in [0.15, 0.2) is 0 Å². The summed E-state index contributed by atoms with van der Waals surface area (Å²) in [5, 5.41) is 26.0. The molecule has 0 aliphatic rings. The average Bonchev–Trinajstić information content (AvgIpc) is 2.72. The van der Waals surface area contributed by atoms with Crippen molar-refractivity contribution in [3.63, 3.8) is 0 Å². The number of rotatable bonds is 6. The molecule has 1 rings (SSSR count). The Labute approximate surface area is 104 Å². The number of aliphatic hydroxyl groups excluding tert-OH is 2. The molecule has 17 heavy (non-hydrogen) atoms. The molecule has 5 nitrogen and oxygen atoms in total. The number of carbonyl (C=O) groups excluding carboxylic acids is 1. The number of aliphatic hydroxyl groups is 2. The molecule has 4 N–H and O–H groups in total. The van der Waals surface area contributed by atoms with Crippen LogP contribution < -0.4 is 10.6 Å². The van der Waals surface area contributed by atoms with Gasteiger partial charge >= 0.3 is 0 Å². The fourth-order valence-electron chi connectivity index (χ4n) is 1.23. The summed E-state index contributed by atoms with van der Waals surface area (Å²) >= 11 is 1.51. The van der Waals surface area contributed by atoms with Crippen LogP contribution in [0.3, 0.4) is 0 Å². The van der Waals surface area contributed by atoms with E-state index in [0.717, 1.165) is 10.6 Å². The van der Waals surface area contributed by atoms with E-state index in [0.29, 0.717) is 6.54 Å². The zero-order valence-electron chi connectivity index (χ0n) is 9.99. The number of anilines is 1. The number of hydrogen-bond acceptors (Lipinski definition) is 5. The second-order valence-electron chi connectivity index (χ2n) is 4.17. The van der Waals surface area contributed by atoms with Gasteiger partial charge in [0.25, 0.3) is 0 Å². The molecule has 6 heteroatoms. The van der Waals surface area contributed by atoms with Gasteiger partial charge in [-0.15, -0.1) is 11.3 Å². The van der Waals surface area contributed by atoms with Gasteiger partial charge in [-0.05, 0) is 18.4 Å². The first-order valence-corrected chi connectivity index (χ1v) is 6.19. The molecule has 0 fully saturated rings. The first-order valence-electron chi connectivity index (χ1n) is 5.31. The van der Waals surface area contributed by atoms with Crippen LogP contribution in [-0.2, 0) is 11.3 Å². The van der Waals surface area contributed by atoms with Crippen molar-refractivity contribution in [3.05, 3.63) is 16.3 Å². The molecule has 0 saturated carbocycles. The van der Waals surface area contributed by atoms with Crippen LogP contribution in [0.5, 0.6) is 0 Å². The predicted molar refractivity (Wildman–Crippen MR) is 68.0 cm³/mol. The largest absolute Gasteiger partial charge is 0.394 e. The number of amides is 1. The summed E-state index contributed by atoms with van der Waals surface area (Å²) in [5.74, 6) is -0.114. The molecular weight excluding hydrogens is 240 g/mol. The van der Waals surface area contributed by atoms with E-state index in [-0.39, 0.29) is 19.1 Å². The smallest absolute Gasteiger partial charge is 0.221 e. The van der Waals surface area contributed by atoms with Crippen molar-refractivity contribution in [1.29, 1.82) is 0 Å². The van der Waals surface area contributed by atoms with Crippen LogP contribution in [-0.4, -0.2) is 34.9 Å². The fourth-order valence-corrected chi connectivity index (χ4v) is 2.00. The van der Waals surface area contributed by atoms with Crippen LogP contribution in [0.4, 0.5) is 5.69 Å². The monoisotopic (exact) mass is 258 g/mol. The summed E-state index contributed by atoms with van der Waals surface area (Å²) in [6.07, 6.45) is 0. The maximum atomic E-state index is 11.0. The van der Waals surface area contributed by atoms with Crippen LogP contribution in [0.25, 0.3) is 0 Å². The summed E-state index contributed by atoms with van der Waals surface area (Å²) < 4.78 is 0. The lowest BCUT2D eigenvalue weighted by Gasteiger charge is -2.26. The third kappa shape index (κ3) is 4.08. The van der Waals surface area contributed by atoms with E-state index in [4.69, 9.17) is 10.2 Å². The van der Waals surface area contributed by atoms with Gasteiger partial charge in [-0.3, -0.25) is 4.79 Å². The molecule has 0 aliphatic carbocycles. The Bertz CT molecular complexity index is 375. The molecule has 0 unspecified atom stereocenters. The van der Waals surface area contributed by atoms with Gasteiger partial charge in [-0.1, -0.05) is 0 Å². The van der Waals surface area contributed by atoms with Gasteiger partial charge in [-0.2, -0.15) is 0 Å². The van der Waals surface area contributed by atoms with Crippen LogP contribution in [0.15, 0.2) is 11.4 Å². The van der Waals surface area contributed by atoms with Crippen LogP contribution in [0.2, 0.25) is 0 Å². The minimum atomic E-state index is -0.711. The van der Waals surface area contributed by atoms with Gasteiger partial charge in [0.2, 0.25) is 5.91 Å². The molecule has 0 bridgehead atoms. The molecule has 0 spiro atoms. The number of hydrogen-bond donors (Lipinski definition) is 4. The van der Waals surface area contributed by atoms with E-state index in [1.807, 2.05) is 11.4 Å². The minimum Gasteiger partial charge on any atom is -0.394 e. The third-order valence-electron chi connectivity index (χ3n) is 2.43. The van der Waals surface area contributed by atoms with Crippen molar-refractivity contribution in [1.82, 2.24) is 5.32 Å². The maximum Gasteiger partial charge on any atom is 0.221 e. The van der Waals surface area contributed by atoms with E-state index in [1.54, 1.807) is 6.92 Å². The highest BCUT2D eigenvalue weighted by atomic mass is 32.1. The summed E-state index contributed by atoms with van der Waals surface area (Å²) in [7, 11) is 0. The molecule has 0 aliphatic heterocycles. The topological polar surface area (TPSA) is 81.6 Å². The highest BCUT2D eigenvalue weighted by Crippen LogP contribution is 2.22. The van der Waals surface area contributed by atoms with Crippen molar-refractivity contribution < 1.29 is 15.0 Å². The second-order valence-corrected chi connectivity index (χ2v) is 5.17. The van der Waals surface area contributed by atoms with E-state index in [9.17, 15) is 4.79 Å². The van der Waals surface area contributed by atoms with Crippen molar-refractivity contribution in [3.8, 4) is 0 Å². The Morgan fingerprint density at radius 3 is 2.65 bits per heavy atom. The van der Waals surface area contributed by atoms with Crippen LogP contribution in [0.1, 0.15) is 18.7 Å². The molecule has 1 aromatic heterocycles. The minimum absolute atomic E-state index is 0.114. The normalized spacial score (nSPS) is 11.5. The van der Waals surface area contributed by atoms with Gasteiger partial charge < -0.3 is 20.8 Å². The molecule has 1 aromatic rings. The van der Waals surface area contributed by atoms with E-state index < -0.39 is 5.54 Å². The summed E-state index contributed by atoms with van der Waals surface area (Å²) in [4.78, 5) is 11.9. The SMILES string of the molecule is CC(=O)Nc1ccsc1CNC(C)(CO)CO. The van der Waals surface area contributed by atoms with E-state index in [2.05, 4.69) is 10.6 Å². The summed E-state index contributed by atoms with van der Waals surface area (Å²) in [6, 6.07) is 1.83. The Hall–Kier alpha value is -0.950. The molecule has 0 aromatic carbocycles. The maximum absolute atomic E-state index is 11.0.